The van der Waals surface area contributed by atoms with Crippen molar-refractivity contribution in [3.63, 3.8) is 0 Å². The van der Waals surface area contributed by atoms with E-state index >= 15 is 0 Å². The van der Waals surface area contributed by atoms with Crippen LogP contribution in [-0.2, 0) is 6.42 Å². The van der Waals surface area contributed by atoms with Gasteiger partial charge in [-0.05, 0) is 52.9 Å². The van der Waals surface area contributed by atoms with Crippen LogP contribution >= 0.6 is 15.9 Å². The summed E-state index contributed by atoms with van der Waals surface area (Å²) in [6.07, 6.45) is 4.36. The molecule has 0 amide bonds. The molecule has 1 saturated heterocycles. The van der Waals surface area contributed by atoms with Gasteiger partial charge in [0.2, 0.25) is 0 Å². The first-order chi connectivity index (χ1) is 11.7. The molecule has 1 aromatic carbocycles. The first-order valence-corrected chi connectivity index (χ1v) is 8.84. The van der Waals surface area contributed by atoms with Crippen molar-refractivity contribution in [2.45, 2.75) is 25.3 Å². The van der Waals surface area contributed by atoms with Crippen LogP contribution in [0.3, 0.4) is 0 Å². The maximum absolute atomic E-state index is 13.2. The summed E-state index contributed by atoms with van der Waals surface area (Å²) in [6.45, 7) is 1.75. The van der Waals surface area contributed by atoms with Crippen molar-refractivity contribution in [2.24, 2.45) is 0 Å². The Balaban J connectivity index is 1.59. The van der Waals surface area contributed by atoms with Crippen molar-refractivity contribution in [3.05, 3.63) is 46.4 Å². The van der Waals surface area contributed by atoms with E-state index in [1.54, 1.807) is 18.5 Å². The van der Waals surface area contributed by atoms with E-state index in [9.17, 15) is 9.50 Å². The van der Waals surface area contributed by atoms with Gasteiger partial charge in [0.05, 0.1) is 17.1 Å². The molecule has 1 atom stereocenters. The highest BCUT2D eigenvalue weighted by atomic mass is 79.9. The first-order valence-electron chi connectivity index (χ1n) is 8.04. The fourth-order valence-electron chi connectivity index (χ4n) is 2.96. The third-order valence-electron chi connectivity index (χ3n) is 4.24. The Morgan fingerprint density at radius 3 is 3.00 bits per heavy atom. The standard InChI is InChI=1S/C17H20BrFN4O/c18-14-8-12(3-4-15(14)19)5-6-20-16-9-17(22-11-21-16)23-7-1-2-13(23)10-24/h3-4,8-9,11,13,24H,1-2,5-7,10H2,(H,20,21,22). The molecular weight excluding hydrogens is 375 g/mol. The van der Waals surface area contributed by atoms with E-state index in [-0.39, 0.29) is 18.5 Å². The summed E-state index contributed by atoms with van der Waals surface area (Å²) in [5, 5.41) is 12.7. The minimum absolute atomic E-state index is 0.143. The first kappa shape index (κ1) is 17.1. The molecule has 24 heavy (non-hydrogen) atoms. The topological polar surface area (TPSA) is 61.3 Å². The molecule has 0 radical (unpaired) electrons. The lowest BCUT2D eigenvalue weighted by atomic mass is 10.1. The number of aromatic nitrogens is 2. The van der Waals surface area contributed by atoms with Crippen LogP contribution in [0.25, 0.3) is 0 Å². The van der Waals surface area contributed by atoms with Gasteiger partial charge >= 0.3 is 0 Å². The van der Waals surface area contributed by atoms with Crippen LogP contribution in [0.4, 0.5) is 16.0 Å². The number of benzene rings is 1. The second kappa shape index (κ2) is 7.90. The zero-order valence-electron chi connectivity index (χ0n) is 13.3. The van der Waals surface area contributed by atoms with Gasteiger partial charge in [-0.2, -0.15) is 0 Å². The summed E-state index contributed by atoms with van der Waals surface area (Å²) in [5.41, 5.74) is 1.05. The van der Waals surface area contributed by atoms with Crippen LogP contribution in [0.1, 0.15) is 18.4 Å². The molecule has 5 nitrogen and oxygen atoms in total. The molecule has 1 aromatic heterocycles. The van der Waals surface area contributed by atoms with Gasteiger partial charge in [-0.3, -0.25) is 0 Å². The molecule has 0 aliphatic carbocycles. The maximum atomic E-state index is 13.2. The predicted molar refractivity (Wildman–Crippen MR) is 95.8 cm³/mol. The molecule has 2 N–H and O–H groups in total. The lowest BCUT2D eigenvalue weighted by molar-refractivity contribution is 0.266. The van der Waals surface area contributed by atoms with Crippen LogP contribution in [-0.4, -0.2) is 40.8 Å². The average molecular weight is 395 g/mol. The van der Waals surface area contributed by atoms with Crippen LogP contribution in [0, 0.1) is 5.82 Å². The van der Waals surface area contributed by atoms with Crippen LogP contribution in [0.15, 0.2) is 35.1 Å². The summed E-state index contributed by atoms with van der Waals surface area (Å²) >= 11 is 3.20. The molecule has 0 saturated carbocycles. The highest BCUT2D eigenvalue weighted by Gasteiger charge is 2.25. The molecule has 1 aliphatic rings. The number of anilines is 2. The quantitative estimate of drug-likeness (QED) is 0.788. The van der Waals surface area contributed by atoms with E-state index in [4.69, 9.17) is 0 Å². The molecule has 7 heteroatoms. The van der Waals surface area contributed by atoms with Gasteiger partial charge in [-0.1, -0.05) is 6.07 Å². The second-order valence-electron chi connectivity index (χ2n) is 5.86. The lowest BCUT2D eigenvalue weighted by Crippen LogP contribution is -2.32. The summed E-state index contributed by atoms with van der Waals surface area (Å²) in [7, 11) is 0. The van der Waals surface area contributed by atoms with Crippen LogP contribution in [0.5, 0.6) is 0 Å². The van der Waals surface area contributed by atoms with E-state index in [2.05, 4.69) is 36.1 Å². The third-order valence-corrected chi connectivity index (χ3v) is 4.85. The maximum Gasteiger partial charge on any atom is 0.137 e. The van der Waals surface area contributed by atoms with Crippen molar-refractivity contribution >= 4 is 27.6 Å². The molecule has 1 fully saturated rings. The summed E-state index contributed by atoms with van der Waals surface area (Å²) in [6, 6.07) is 7.09. The van der Waals surface area contributed by atoms with Crippen molar-refractivity contribution < 1.29 is 9.50 Å². The van der Waals surface area contributed by atoms with Gasteiger partial charge in [0.15, 0.2) is 0 Å². The number of rotatable bonds is 6. The molecule has 2 heterocycles. The van der Waals surface area contributed by atoms with E-state index in [1.807, 2.05) is 6.07 Å². The third kappa shape index (κ3) is 4.02. The minimum Gasteiger partial charge on any atom is -0.394 e. The fourth-order valence-corrected chi connectivity index (χ4v) is 3.38. The number of aliphatic hydroxyl groups excluding tert-OH is 1. The van der Waals surface area contributed by atoms with E-state index in [0.717, 1.165) is 43.0 Å². The molecule has 1 unspecified atom stereocenters. The number of hydrogen-bond donors (Lipinski definition) is 2. The average Bonchev–Trinajstić information content (AvgIpc) is 3.07. The normalized spacial score (nSPS) is 17.3. The van der Waals surface area contributed by atoms with Crippen molar-refractivity contribution in [3.8, 4) is 0 Å². The number of halogens is 2. The van der Waals surface area contributed by atoms with E-state index < -0.39 is 0 Å². The van der Waals surface area contributed by atoms with Gasteiger partial charge in [-0.15, -0.1) is 0 Å². The molecule has 0 bridgehead atoms. The number of nitrogens with one attached hydrogen (secondary N) is 1. The van der Waals surface area contributed by atoms with Gasteiger partial charge in [-0.25, -0.2) is 14.4 Å². The van der Waals surface area contributed by atoms with Gasteiger partial charge in [0, 0.05) is 19.2 Å². The van der Waals surface area contributed by atoms with Crippen molar-refractivity contribution in [2.75, 3.05) is 29.9 Å². The van der Waals surface area contributed by atoms with Crippen molar-refractivity contribution in [1.82, 2.24) is 9.97 Å². The summed E-state index contributed by atoms with van der Waals surface area (Å²) in [5.74, 6) is 1.34. The Kier molecular flexibility index (Phi) is 5.63. The Morgan fingerprint density at radius 1 is 1.33 bits per heavy atom. The van der Waals surface area contributed by atoms with Crippen LogP contribution in [0.2, 0.25) is 0 Å². The number of aliphatic hydroxyl groups is 1. The Bertz CT molecular complexity index is 700. The largest absolute Gasteiger partial charge is 0.394 e. The molecule has 1 aliphatic heterocycles. The Hall–Kier alpha value is -1.73. The van der Waals surface area contributed by atoms with E-state index in [0.29, 0.717) is 11.0 Å². The fraction of sp³-hybridized carbons (Fsp3) is 0.412. The Labute approximate surface area is 149 Å². The minimum atomic E-state index is -0.254. The monoisotopic (exact) mass is 394 g/mol. The number of nitrogens with zero attached hydrogens (tertiary/aromatic N) is 3. The lowest BCUT2D eigenvalue weighted by Gasteiger charge is -2.24. The molecule has 128 valence electrons. The summed E-state index contributed by atoms with van der Waals surface area (Å²) in [4.78, 5) is 10.7. The zero-order chi connectivity index (χ0) is 16.9. The second-order valence-corrected chi connectivity index (χ2v) is 6.71. The van der Waals surface area contributed by atoms with Gasteiger partial charge in [0.25, 0.3) is 0 Å². The zero-order valence-corrected chi connectivity index (χ0v) is 14.8. The molecule has 0 spiro atoms. The Morgan fingerprint density at radius 2 is 2.21 bits per heavy atom. The smallest absolute Gasteiger partial charge is 0.137 e. The van der Waals surface area contributed by atoms with Crippen molar-refractivity contribution in [1.29, 1.82) is 0 Å². The highest BCUT2D eigenvalue weighted by Crippen LogP contribution is 2.24. The highest BCUT2D eigenvalue weighted by molar-refractivity contribution is 9.10. The predicted octanol–water partition coefficient (Wildman–Crippen LogP) is 2.99. The van der Waals surface area contributed by atoms with Gasteiger partial charge < -0.3 is 15.3 Å². The molecule has 3 rings (SSSR count). The van der Waals surface area contributed by atoms with E-state index in [1.165, 1.54) is 6.07 Å². The van der Waals surface area contributed by atoms with Crippen LogP contribution < -0.4 is 10.2 Å². The molecule has 2 aromatic rings. The summed E-state index contributed by atoms with van der Waals surface area (Å²) < 4.78 is 13.7. The SMILES string of the molecule is OCC1CCCN1c1cc(NCCc2ccc(F)c(Br)c2)ncn1. The van der Waals surface area contributed by atoms with Gasteiger partial charge in [0.1, 0.15) is 23.8 Å². The molecular formula is C17H20BrFN4O. The number of hydrogen-bond acceptors (Lipinski definition) is 5.